The van der Waals surface area contributed by atoms with Crippen LogP contribution in [0, 0.1) is 11.3 Å². The van der Waals surface area contributed by atoms with Gasteiger partial charge in [-0.3, -0.25) is 9.48 Å². The average molecular weight is 516 g/mol. The normalized spacial score (nSPS) is 13.3. The molecule has 0 unspecified atom stereocenters. The van der Waals surface area contributed by atoms with Gasteiger partial charge in [0.2, 0.25) is 5.91 Å². The number of benzene rings is 1. The molecule has 36 heavy (non-hydrogen) atoms. The number of rotatable bonds is 5. The van der Waals surface area contributed by atoms with Crippen LogP contribution in [0.5, 0.6) is 0 Å². The first-order chi connectivity index (χ1) is 17.1. The Hall–Kier alpha value is -3.42. The van der Waals surface area contributed by atoms with E-state index in [2.05, 4.69) is 11.2 Å². The van der Waals surface area contributed by atoms with Gasteiger partial charge in [-0.15, -0.1) is 11.3 Å². The smallest absolute Gasteiger partial charge is 0.334 e. The minimum atomic E-state index is -4.43. The molecule has 0 saturated heterocycles. The van der Waals surface area contributed by atoms with Gasteiger partial charge >= 0.3 is 6.18 Å². The number of thiophene rings is 1. The van der Waals surface area contributed by atoms with Crippen LogP contribution >= 0.6 is 11.3 Å². The van der Waals surface area contributed by atoms with Crippen LogP contribution in [-0.2, 0) is 30.5 Å². The van der Waals surface area contributed by atoms with E-state index in [4.69, 9.17) is 5.26 Å². The average Bonchev–Trinajstić information content (AvgIpc) is 3.48. The zero-order valence-corrected chi connectivity index (χ0v) is 21.2. The molecule has 2 aromatic heterocycles. The molecule has 190 valence electrons. The van der Waals surface area contributed by atoms with Crippen molar-refractivity contribution in [1.29, 1.82) is 5.26 Å². The summed E-state index contributed by atoms with van der Waals surface area (Å²) in [5.74, 6) is 0.0550. The minimum Gasteiger partial charge on any atom is -0.334 e. The Morgan fingerprint density at radius 3 is 2.61 bits per heavy atom. The minimum absolute atomic E-state index is 0.0550. The number of nitrogens with zero attached hydrogens (tertiary/aromatic N) is 5. The van der Waals surface area contributed by atoms with Crippen molar-refractivity contribution in [3.63, 3.8) is 0 Å². The number of fused-ring (bicyclic) bond motifs is 1. The van der Waals surface area contributed by atoms with E-state index in [1.807, 2.05) is 36.0 Å². The Balaban J connectivity index is 0.000000202. The van der Waals surface area contributed by atoms with Crippen LogP contribution in [0.25, 0.3) is 11.1 Å². The van der Waals surface area contributed by atoms with Gasteiger partial charge in [-0.1, -0.05) is 36.4 Å². The van der Waals surface area contributed by atoms with Crippen molar-refractivity contribution in [1.82, 2.24) is 19.6 Å². The summed E-state index contributed by atoms with van der Waals surface area (Å²) in [7, 11) is 3.94. The molecule has 0 bridgehead atoms. The van der Waals surface area contributed by atoms with Gasteiger partial charge in [-0.2, -0.15) is 23.5 Å². The van der Waals surface area contributed by atoms with E-state index >= 15 is 0 Å². The van der Waals surface area contributed by atoms with Crippen LogP contribution in [0.2, 0.25) is 0 Å². The van der Waals surface area contributed by atoms with Crippen LogP contribution in [0.15, 0.2) is 54.7 Å². The fourth-order valence-electron chi connectivity index (χ4n) is 3.65. The van der Waals surface area contributed by atoms with Gasteiger partial charge in [-0.05, 0) is 44.6 Å². The summed E-state index contributed by atoms with van der Waals surface area (Å²) in [6, 6.07) is 12.6. The summed E-state index contributed by atoms with van der Waals surface area (Å²) in [5, 5.41) is 12.5. The first-order valence-corrected chi connectivity index (χ1v) is 12.3. The van der Waals surface area contributed by atoms with Crippen LogP contribution in [0.4, 0.5) is 13.2 Å². The van der Waals surface area contributed by atoms with E-state index < -0.39 is 11.9 Å². The maximum absolute atomic E-state index is 12.8. The van der Waals surface area contributed by atoms with E-state index in [-0.39, 0.29) is 11.5 Å². The zero-order chi connectivity index (χ0) is 26.3. The molecule has 1 aromatic carbocycles. The number of alkyl halides is 3. The Morgan fingerprint density at radius 2 is 2.00 bits per heavy atom. The Kier molecular flexibility index (Phi) is 9.07. The number of nitriles is 1. The largest absolute Gasteiger partial charge is 0.435 e. The summed E-state index contributed by atoms with van der Waals surface area (Å²) >= 11 is 1.50. The molecule has 1 aliphatic heterocycles. The van der Waals surface area contributed by atoms with Crippen LogP contribution in [0.3, 0.4) is 0 Å². The maximum Gasteiger partial charge on any atom is 0.435 e. The summed E-state index contributed by atoms with van der Waals surface area (Å²) in [6.07, 6.45) is 1.38. The molecule has 3 heterocycles. The van der Waals surface area contributed by atoms with Crippen molar-refractivity contribution in [2.45, 2.75) is 32.6 Å². The zero-order valence-electron chi connectivity index (χ0n) is 20.4. The Labute approximate surface area is 212 Å². The number of halogens is 3. The van der Waals surface area contributed by atoms with Crippen molar-refractivity contribution in [2.24, 2.45) is 0 Å². The molecule has 1 amide bonds. The molecule has 0 fully saturated rings. The summed E-state index contributed by atoms with van der Waals surface area (Å²) < 4.78 is 39.7. The molecule has 6 nitrogen and oxygen atoms in total. The second kappa shape index (κ2) is 12.0. The van der Waals surface area contributed by atoms with E-state index in [1.54, 1.807) is 43.3 Å². The van der Waals surface area contributed by atoms with Crippen molar-refractivity contribution < 1.29 is 18.0 Å². The van der Waals surface area contributed by atoms with Crippen LogP contribution < -0.4 is 0 Å². The second-order valence-electron chi connectivity index (χ2n) is 8.46. The lowest BCUT2D eigenvalue weighted by Gasteiger charge is -2.25. The van der Waals surface area contributed by atoms with Gasteiger partial charge in [0.25, 0.3) is 0 Å². The first kappa shape index (κ1) is 27.2. The number of amides is 1. The summed E-state index contributed by atoms with van der Waals surface area (Å²) in [5.41, 5.74) is 1.05. The van der Waals surface area contributed by atoms with Gasteiger partial charge in [0.1, 0.15) is 10.9 Å². The fraction of sp³-hybridized carbons (Fsp3) is 0.346. The topological polar surface area (TPSA) is 65.2 Å². The number of aromatic nitrogens is 2. The highest BCUT2D eigenvalue weighted by atomic mass is 32.1. The van der Waals surface area contributed by atoms with Crippen molar-refractivity contribution in [2.75, 3.05) is 27.2 Å². The molecule has 3 aromatic rings. The molecule has 4 rings (SSSR count). The van der Waals surface area contributed by atoms with Gasteiger partial charge in [0, 0.05) is 42.3 Å². The third-order valence-corrected chi connectivity index (χ3v) is 6.54. The van der Waals surface area contributed by atoms with E-state index in [1.165, 1.54) is 27.8 Å². The van der Waals surface area contributed by atoms with Crippen molar-refractivity contribution in [3.8, 4) is 17.2 Å². The lowest BCUT2D eigenvalue weighted by molar-refractivity contribution is -0.141. The number of likely N-dealkylation sites (N-methyl/N-ethyl adjacent to an activating group) is 1. The number of carbonyl (C=O) groups excluding carboxylic acids is 1. The molecule has 0 saturated carbocycles. The third kappa shape index (κ3) is 7.06. The Bertz CT molecular complexity index is 1240. The predicted molar refractivity (Wildman–Crippen MR) is 134 cm³/mol. The highest BCUT2D eigenvalue weighted by Crippen LogP contribution is 2.35. The molecule has 0 aliphatic carbocycles. The number of aryl methyl sites for hydroxylation is 1. The van der Waals surface area contributed by atoms with Crippen molar-refractivity contribution in [3.05, 3.63) is 75.8 Å². The molecule has 0 radical (unpaired) electrons. The lowest BCUT2D eigenvalue weighted by atomic mass is 10.1. The third-order valence-electron chi connectivity index (χ3n) is 5.47. The molecule has 0 spiro atoms. The SMILES string of the molecule is CCn1cc(-c2ccccc2)c(C(F)(F)F)n1.CN(C)C/C=C/C(=O)N1CCc2cc(C#N)sc2C1. The Morgan fingerprint density at radius 1 is 1.28 bits per heavy atom. The molecule has 0 N–H and O–H groups in total. The first-order valence-electron chi connectivity index (χ1n) is 11.4. The number of hydrogen-bond donors (Lipinski definition) is 0. The van der Waals surface area contributed by atoms with E-state index in [0.717, 1.165) is 29.3 Å². The van der Waals surface area contributed by atoms with E-state index in [0.29, 0.717) is 18.7 Å². The second-order valence-corrected chi connectivity index (χ2v) is 9.59. The molecule has 1 aliphatic rings. The van der Waals surface area contributed by atoms with Gasteiger partial charge in [0.05, 0.1) is 6.54 Å². The van der Waals surface area contributed by atoms with Crippen LogP contribution in [-0.4, -0.2) is 52.7 Å². The lowest BCUT2D eigenvalue weighted by Crippen LogP contribution is -2.34. The quantitative estimate of drug-likeness (QED) is 0.438. The van der Waals surface area contributed by atoms with Gasteiger partial charge in [0.15, 0.2) is 5.69 Å². The highest BCUT2D eigenvalue weighted by molar-refractivity contribution is 7.12. The maximum atomic E-state index is 12.8. The van der Waals surface area contributed by atoms with Gasteiger partial charge in [-0.25, -0.2) is 0 Å². The highest BCUT2D eigenvalue weighted by Gasteiger charge is 2.37. The summed E-state index contributed by atoms with van der Waals surface area (Å²) in [6.45, 7) is 4.30. The molecular formula is C26H28F3N5OS. The number of carbonyl (C=O) groups is 1. The van der Waals surface area contributed by atoms with Crippen molar-refractivity contribution >= 4 is 17.2 Å². The predicted octanol–water partition coefficient (Wildman–Crippen LogP) is 5.21. The van der Waals surface area contributed by atoms with Crippen LogP contribution in [0.1, 0.15) is 27.9 Å². The standard InChI is InChI=1S/C14H17N3OS.C12H11F3N2/c1-16(2)6-3-4-14(18)17-7-5-11-8-12(9-15)19-13(11)10-17;1-2-17-8-10(9-6-4-3-5-7-9)11(16-17)12(13,14)15/h3-4,8H,5-7,10H2,1-2H3;3-8H,2H2,1H3/b4-3+;. The fourth-order valence-corrected chi connectivity index (χ4v) is 4.68. The summed E-state index contributed by atoms with van der Waals surface area (Å²) in [4.78, 5) is 17.8. The molecular weight excluding hydrogens is 487 g/mol. The van der Waals surface area contributed by atoms with Gasteiger partial charge < -0.3 is 9.80 Å². The van der Waals surface area contributed by atoms with E-state index in [9.17, 15) is 18.0 Å². The monoisotopic (exact) mass is 515 g/mol. The number of hydrogen-bond acceptors (Lipinski definition) is 5. The molecule has 10 heteroatoms. The molecule has 0 atom stereocenters.